The number of aromatic nitrogens is 2. The molecule has 1 aromatic heterocycles. The van der Waals surface area contributed by atoms with Crippen molar-refractivity contribution in [3.8, 4) is 5.75 Å². The summed E-state index contributed by atoms with van der Waals surface area (Å²) in [5.74, 6) is 0.284. The highest BCUT2D eigenvalue weighted by atomic mass is 16.5. The Hall–Kier alpha value is -4.14. The van der Waals surface area contributed by atoms with Crippen molar-refractivity contribution >= 4 is 23.2 Å². The molecule has 0 unspecified atom stereocenters. The maximum absolute atomic E-state index is 13.0. The monoisotopic (exact) mass is 434 g/mol. The second kappa shape index (κ2) is 8.93. The highest BCUT2D eigenvalue weighted by molar-refractivity contribution is 6.38. The molecule has 0 spiro atoms. The molecule has 4 rings (SSSR count). The summed E-state index contributed by atoms with van der Waals surface area (Å²) in [6.07, 6.45) is 0. The second-order valence-corrected chi connectivity index (χ2v) is 7.26. The molecule has 0 aliphatic carbocycles. The van der Waals surface area contributed by atoms with Gasteiger partial charge in [0.25, 0.3) is 5.56 Å². The number of methoxy groups -OCH3 is 1. The maximum Gasteiger partial charge on any atom is 0.354 e. The molecule has 9 heteroatoms. The first-order valence-electron chi connectivity index (χ1n) is 9.97. The zero-order chi connectivity index (χ0) is 22.7. The van der Waals surface area contributed by atoms with Crippen LogP contribution in [0.25, 0.3) is 0 Å². The molecule has 32 heavy (non-hydrogen) atoms. The molecule has 9 nitrogen and oxygen atoms in total. The first-order valence-corrected chi connectivity index (χ1v) is 9.97. The number of nitrogens with one attached hydrogen (secondary N) is 1. The van der Waals surface area contributed by atoms with Gasteiger partial charge in [0.1, 0.15) is 23.9 Å². The maximum atomic E-state index is 13.0. The summed E-state index contributed by atoms with van der Waals surface area (Å²) < 4.78 is 12.9. The second-order valence-electron chi connectivity index (χ2n) is 7.26. The van der Waals surface area contributed by atoms with Gasteiger partial charge in [-0.3, -0.25) is 13.9 Å². The van der Waals surface area contributed by atoms with E-state index in [2.05, 4.69) is 10.3 Å². The van der Waals surface area contributed by atoms with Crippen LogP contribution in [-0.2, 0) is 29.7 Å². The van der Waals surface area contributed by atoms with Crippen LogP contribution in [0.3, 0.4) is 0 Å². The first-order chi connectivity index (χ1) is 15.5. The van der Waals surface area contributed by atoms with E-state index in [0.29, 0.717) is 5.75 Å². The Morgan fingerprint density at radius 2 is 1.84 bits per heavy atom. The van der Waals surface area contributed by atoms with Crippen molar-refractivity contribution in [3.63, 3.8) is 0 Å². The fraction of sp³-hybridized carbons (Fsp3) is 0.217. The summed E-state index contributed by atoms with van der Waals surface area (Å²) in [6.45, 7) is 0.178. The molecule has 164 valence electrons. The number of hydrogen-bond donors (Lipinski definition) is 1. The quantitative estimate of drug-likeness (QED) is 0.594. The van der Waals surface area contributed by atoms with Crippen molar-refractivity contribution < 1.29 is 14.3 Å². The van der Waals surface area contributed by atoms with E-state index in [-0.39, 0.29) is 36.9 Å². The van der Waals surface area contributed by atoms with Gasteiger partial charge in [0.2, 0.25) is 0 Å². The van der Waals surface area contributed by atoms with Gasteiger partial charge in [-0.05, 0) is 23.3 Å². The number of nitrogens with zero attached hydrogens (tertiary/aromatic N) is 3. The smallest absolute Gasteiger partial charge is 0.354 e. The van der Waals surface area contributed by atoms with Gasteiger partial charge in [-0.2, -0.15) is 0 Å². The molecule has 3 aromatic rings. The molecule has 1 aliphatic rings. The number of anilines is 1. The van der Waals surface area contributed by atoms with Gasteiger partial charge in [-0.1, -0.05) is 42.5 Å². The lowest BCUT2D eigenvalue weighted by Crippen LogP contribution is -2.42. The van der Waals surface area contributed by atoms with E-state index in [9.17, 15) is 14.4 Å². The van der Waals surface area contributed by atoms with Crippen molar-refractivity contribution in [1.29, 1.82) is 0 Å². The van der Waals surface area contributed by atoms with Gasteiger partial charge in [0.05, 0.1) is 20.2 Å². The number of carbonyl (C=O) groups excluding carboxylic acids is 1. The predicted octanol–water partition coefficient (Wildman–Crippen LogP) is 1.85. The number of hydrogen-bond acceptors (Lipinski definition) is 7. The van der Waals surface area contributed by atoms with Gasteiger partial charge in [0.15, 0.2) is 5.69 Å². The Bertz CT molecular complexity index is 1310. The number of rotatable bonds is 6. The number of aliphatic imine (C=N–C) groups is 1. The SMILES string of the molecule is COc1cccc(COC(=O)C2=Nc3c(n(C)c(=O)n(Cc4ccccc4)c3=O)NC2)c1. The van der Waals surface area contributed by atoms with E-state index in [4.69, 9.17) is 9.47 Å². The van der Waals surface area contributed by atoms with E-state index < -0.39 is 17.2 Å². The zero-order valence-electron chi connectivity index (χ0n) is 17.7. The van der Waals surface area contributed by atoms with Gasteiger partial charge in [0, 0.05) is 7.05 Å². The third kappa shape index (κ3) is 4.18. The van der Waals surface area contributed by atoms with Crippen LogP contribution in [0, 0.1) is 0 Å². The Balaban J connectivity index is 1.61. The van der Waals surface area contributed by atoms with Crippen LogP contribution >= 0.6 is 0 Å². The molecule has 0 saturated carbocycles. The largest absolute Gasteiger partial charge is 0.497 e. The van der Waals surface area contributed by atoms with E-state index in [1.54, 1.807) is 32.4 Å². The van der Waals surface area contributed by atoms with Gasteiger partial charge >= 0.3 is 11.7 Å². The van der Waals surface area contributed by atoms with Crippen molar-refractivity contribution in [2.75, 3.05) is 19.0 Å². The lowest BCUT2D eigenvalue weighted by atomic mass is 10.2. The lowest BCUT2D eigenvalue weighted by Gasteiger charge is -2.20. The summed E-state index contributed by atoms with van der Waals surface area (Å²) in [6, 6.07) is 16.3. The Morgan fingerprint density at radius 3 is 2.59 bits per heavy atom. The highest BCUT2D eigenvalue weighted by Gasteiger charge is 2.25. The minimum absolute atomic E-state index is 0.00242. The predicted molar refractivity (Wildman–Crippen MR) is 120 cm³/mol. The van der Waals surface area contributed by atoms with Crippen molar-refractivity contribution in [1.82, 2.24) is 9.13 Å². The zero-order valence-corrected chi connectivity index (χ0v) is 17.7. The Labute approximate surface area is 183 Å². The van der Waals surface area contributed by atoms with Gasteiger partial charge in [-0.15, -0.1) is 0 Å². The molecule has 0 saturated heterocycles. The summed E-state index contributed by atoms with van der Waals surface area (Å²) in [4.78, 5) is 42.6. The third-order valence-corrected chi connectivity index (χ3v) is 5.12. The number of fused-ring (bicyclic) bond motifs is 1. The molecule has 1 aliphatic heterocycles. The van der Waals surface area contributed by atoms with Crippen LogP contribution in [0.15, 0.2) is 69.2 Å². The molecule has 0 fully saturated rings. The normalized spacial score (nSPS) is 12.4. The fourth-order valence-electron chi connectivity index (χ4n) is 3.41. The van der Waals surface area contributed by atoms with Gasteiger partial charge in [-0.25, -0.2) is 14.6 Å². The van der Waals surface area contributed by atoms with Crippen LogP contribution in [0.5, 0.6) is 5.75 Å². The fourth-order valence-corrected chi connectivity index (χ4v) is 3.41. The minimum Gasteiger partial charge on any atom is -0.497 e. The molecule has 2 heterocycles. The van der Waals surface area contributed by atoms with Gasteiger partial charge < -0.3 is 14.8 Å². The van der Waals surface area contributed by atoms with E-state index in [0.717, 1.165) is 15.7 Å². The molecular formula is C23H22N4O5. The molecule has 0 radical (unpaired) electrons. The first kappa shape index (κ1) is 21.1. The summed E-state index contributed by atoms with van der Waals surface area (Å²) >= 11 is 0. The summed E-state index contributed by atoms with van der Waals surface area (Å²) in [7, 11) is 3.11. The van der Waals surface area contributed by atoms with Crippen LogP contribution in [0.4, 0.5) is 11.5 Å². The van der Waals surface area contributed by atoms with Crippen molar-refractivity contribution in [2.45, 2.75) is 13.2 Å². The van der Waals surface area contributed by atoms with Crippen LogP contribution in [0.2, 0.25) is 0 Å². The molecule has 0 atom stereocenters. The molecule has 2 aromatic carbocycles. The van der Waals surface area contributed by atoms with Crippen LogP contribution < -0.4 is 21.3 Å². The number of esters is 1. The minimum atomic E-state index is -0.645. The molecular weight excluding hydrogens is 412 g/mol. The van der Waals surface area contributed by atoms with Crippen LogP contribution in [-0.4, -0.2) is 34.5 Å². The average molecular weight is 434 g/mol. The van der Waals surface area contributed by atoms with Crippen LogP contribution in [0.1, 0.15) is 11.1 Å². The number of ether oxygens (including phenoxy) is 2. The summed E-state index contributed by atoms with van der Waals surface area (Å²) in [5, 5.41) is 2.95. The highest BCUT2D eigenvalue weighted by Crippen LogP contribution is 2.22. The standard InChI is InChI=1S/C23H22N4O5/c1-26-20-19(21(28)27(23(26)30)13-15-7-4-3-5-8-15)25-18(12-24-20)22(29)32-14-16-9-6-10-17(11-16)31-2/h3-11,24H,12-14H2,1-2H3. The lowest BCUT2D eigenvalue weighted by molar-refractivity contribution is -0.136. The van der Waals surface area contributed by atoms with Crippen molar-refractivity contribution in [3.05, 3.63) is 86.6 Å². The van der Waals surface area contributed by atoms with E-state index >= 15 is 0 Å². The van der Waals surface area contributed by atoms with E-state index in [1.165, 1.54) is 4.57 Å². The topological polar surface area (TPSA) is 104 Å². The number of carbonyl (C=O) groups is 1. The van der Waals surface area contributed by atoms with E-state index in [1.807, 2.05) is 36.4 Å². The Morgan fingerprint density at radius 1 is 1.09 bits per heavy atom. The van der Waals surface area contributed by atoms with Crippen molar-refractivity contribution in [2.24, 2.45) is 12.0 Å². The molecule has 1 N–H and O–H groups in total. The molecule has 0 bridgehead atoms. The average Bonchev–Trinajstić information content (AvgIpc) is 2.84. The molecule has 0 amide bonds. The number of benzene rings is 2. The third-order valence-electron chi connectivity index (χ3n) is 5.12. The Kier molecular flexibility index (Phi) is 5.89. The summed E-state index contributed by atoms with van der Waals surface area (Å²) in [5.41, 5.74) is 0.582.